The van der Waals surface area contributed by atoms with E-state index in [0.29, 0.717) is 0 Å². The third kappa shape index (κ3) is 3.58. The van der Waals surface area contributed by atoms with E-state index in [1.165, 1.54) is 11.8 Å². The summed E-state index contributed by atoms with van der Waals surface area (Å²) in [5.41, 5.74) is 1.11. The molecular weight excluding hydrogens is 234 g/mol. The summed E-state index contributed by atoms with van der Waals surface area (Å²) in [6.07, 6.45) is 6.19. The van der Waals surface area contributed by atoms with Crippen LogP contribution in [0.5, 0.6) is 11.5 Å². The molecule has 1 N–H and O–H groups in total. The van der Waals surface area contributed by atoms with Crippen molar-refractivity contribution in [1.29, 1.82) is 0 Å². The van der Waals surface area contributed by atoms with E-state index in [4.69, 9.17) is 15.9 Å². The molecule has 0 atom stereocenters. The number of hydrogen-bond acceptors (Lipinski definition) is 4. The summed E-state index contributed by atoms with van der Waals surface area (Å²) in [5, 5.41) is 5.65. The lowest BCUT2D eigenvalue weighted by molar-refractivity contribution is 0.390. The number of hydrogen-bond donors (Lipinski definition) is 1. The molecule has 1 aromatic carbocycles. The summed E-state index contributed by atoms with van der Waals surface area (Å²) < 4.78 is 10.7. The maximum absolute atomic E-state index is 5.36. The van der Waals surface area contributed by atoms with E-state index >= 15 is 0 Å². The minimum Gasteiger partial charge on any atom is -0.496 e. The molecule has 92 valence electrons. The first-order chi connectivity index (χ1) is 8.26. The van der Waals surface area contributed by atoms with E-state index in [-0.39, 0.29) is 0 Å². The quantitative estimate of drug-likeness (QED) is 0.620. The smallest absolute Gasteiger partial charge is 0.133 e. The molecule has 1 rings (SSSR count). The number of terminal acetylenes is 1. The van der Waals surface area contributed by atoms with Gasteiger partial charge in [0, 0.05) is 0 Å². The Labute approximate surface area is 107 Å². The molecule has 0 aliphatic rings. The highest BCUT2D eigenvalue weighted by atomic mass is 32.2. The summed E-state index contributed by atoms with van der Waals surface area (Å²) in [5.74, 6) is 1.64. The van der Waals surface area contributed by atoms with Gasteiger partial charge in [-0.15, -0.1) is 6.42 Å². The van der Waals surface area contributed by atoms with E-state index in [2.05, 4.69) is 10.6 Å². The van der Waals surface area contributed by atoms with Crippen LogP contribution in [-0.2, 0) is 6.42 Å². The van der Waals surface area contributed by atoms with Gasteiger partial charge >= 0.3 is 0 Å². The average molecular weight is 251 g/mol. The molecule has 0 fully saturated rings. The van der Waals surface area contributed by atoms with Crippen molar-refractivity contribution in [1.82, 2.24) is 5.32 Å². The van der Waals surface area contributed by atoms with Gasteiger partial charge in [0.15, 0.2) is 0 Å². The molecule has 17 heavy (non-hydrogen) atoms. The monoisotopic (exact) mass is 251 g/mol. The lowest BCUT2D eigenvalue weighted by Crippen LogP contribution is -2.11. The third-order valence-corrected chi connectivity index (χ3v) is 3.04. The van der Waals surface area contributed by atoms with Crippen molar-refractivity contribution in [3.05, 3.63) is 17.7 Å². The van der Waals surface area contributed by atoms with E-state index < -0.39 is 0 Å². The third-order valence-electron chi connectivity index (χ3n) is 2.38. The predicted octanol–water partition coefficient (Wildman–Crippen LogP) is 2.15. The topological polar surface area (TPSA) is 30.5 Å². The van der Waals surface area contributed by atoms with Crippen molar-refractivity contribution >= 4 is 11.8 Å². The molecular formula is C13H17NO2S. The molecule has 3 nitrogen and oxygen atoms in total. The van der Waals surface area contributed by atoms with Gasteiger partial charge in [-0.2, -0.15) is 0 Å². The highest BCUT2D eigenvalue weighted by molar-refractivity contribution is 8.04. The number of ether oxygens (including phenoxy) is 2. The van der Waals surface area contributed by atoms with Crippen LogP contribution < -0.4 is 14.8 Å². The largest absolute Gasteiger partial charge is 0.496 e. The summed E-state index contributed by atoms with van der Waals surface area (Å²) >= 11 is 1.30. The fourth-order valence-corrected chi connectivity index (χ4v) is 2.07. The average Bonchev–Trinajstić information content (AvgIpc) is 2.36. The van der Waals surface area contributed by atoms with Gasteiger partial charge in [0.1, 0.15) is 11.5 Å². The first-order valence-electron chi connectivity index (χ1n) is 5.28. The summed E-state index contributed by atoms with van der Waals surface area (Å²) in [6, 6.07) is 3.91. The predicted molar refractivity (Wildman–Crippen MR) is 71.9 cm³/mol. The van der Waals surface area contributed by atoms with E-state index in [1.807, 2.05) is 19.2 Å². The van der Waals surface area contributed by atoms with Crippen molar-refractivity contribution in [2.75, 3.05) is 27.8 Å². The molecule has 0 aromatic heterocycles. The van der Waals surface area contributed by atoms with Crippen LogP contribution in [0.25, 0.3) is 0 Å². The molecule has 0 aliphatic heterocycles. The minimum absolute atomic E-state index is 0.792. The number of thioether (sulfide) groups is 1. The van der Waals surface area contributed by atoms with Gasteiger partial charge in [-0.3, -0.25) is 0 Å². The maximum Gasteiger partial charge on any atom is 0.133 e. The molecule has 4 heteroatoms. The van der Waals surface area contributed by atoms with Crippen molar-refractivity contribution < 1.29 is 9.47 Å². The van der Waals surface area contributed by atoms with Gasteiger partial charge in [0.25, 0.3) is 0 Å². The number of rotatable bonds is 6. The zero-order chi connectivity index (χ0) is 12.7. The number of methoxy groups -OCH3 is 2. The highest BCUT2D eigenvalue weighted by Crippen LogP contribution is 2.35. The summed E-state index contributed by atoms with van der Waals surface area (Å²) in [4.78, 5) is 0.903. The molecule has 0 aliphatic carbocycles. The Balaban J connectivity index is 3.09. The lowest BCUT2D eigenvalue weighted by Gasteiger charge is -2.13. The van der Waals surface area contributed by atoms with Crippen molar-refractivity contribution in [3.63, 3.8) is 0 Å². The van der Waals surface area contributed by atoms with E-state index in [0.717, 1.165) is 34.9 Å². The Hall–Kier alpha value is -1.31. The molecule has 0 spiro atoms. The molecule has 1 aromatic rings. The van der Waals surface area contributed by atoms with Gasteiger partial charge in [0.05, 0.1) is 19.1 Å². The maximum atomic E-state index is 5.36. The van der Waals surface area contributed by atoms with Crippen LogP contribution >= 0.6 is 11.8 Å². The Kier molecular flexibility index (Phi) is 5.75. The first kappa shape index (κ1) is 13.8. The van der Waals surface area contributed by atoms with E-state index in [9.17, 15) is 0 Å². The minimum atomic E-state index is 0.792. The van der Waals surface area contributed by atoms with Crippen LogP contribution in [0.4, 0.5) is 0 Å². The fourth-order valence-electron chi connectivity index (χ4n) is 1.53. The van der Waals surface area contributed by atoms with Crippen LogP contribution in [0.15, 0.2) is 17.0 Å². The normalized spacial score (nSPS) is 9.76. The second-order valence-corrected chi connectivity index (χ2v) is 4.27. The van der Waals surface area contributed by atoms with Gasteiger partial charge in [0.2, 0.25) is 0 Å². The molecule has 0 unspecified atom stereocenters. The van der Waals surface area contributed by atoms with Gasteiger partial charge in [-0.25, -0.2) is 0 Å². The fraction of sp³-hybridized carbons (Fsp3) is 0.385. The summed E-state index contributed by atoms with van der Waals surface area (Å²) in [7, 11) is 5.23. The van der Waals surface area contributed by atoms with Gasteiger partial charge in [-0.1, -0.05) is 0 Å². The Morgan fingerprint density at radius 1 is 1.29 bits per heavy atom. The SMILES string of the molecule is C#CSc1cc(OC)c(CCNC)cc1OC. The zero-order valence-electron chi connectivity index (χ0n) is 10.4. The second-order valence-electron chi connectivity index (χ2n) is 3.39. The number of likely N-dealkylation sites (N-methyl/N-ethyl adjacent to an activating group) is 1. The molecule has 0 heterocycles. The Morgan fingerprint density at radius 2 is 2.00 bits per heavy atom. The lowest BCUT2D eigenvalue weighted by atomic mass is 10.1. The van der Waals surface area contributed by atoms with Crippen LogP contribution in [0.2, 0.25) is 0 Å². The van der Waals surface area contributed by atoms with Crippen LogP contribution in [0, 0.1) is 11.7 Å². The molecule has 0 saturated carbocycles. The Bertz CT molecular complexity index is 413. The van der Waals surface area contributed by atoms with Crippen LogP contribution in [0.3, 0.4) is 0 Å². The van der Waals surface area contributed by atoms with Crippen LogP contribution in [0.1, 0.15) is 5.56 Å². The van der Waals surface area contributed by atoms with Crippen LogP contribution in [-0.4, -0.2) is 27.8 Å². The standard InChI is InChI=1S/C13H17NO2S/c1-5-17-13-9-11(15-3)10(6-7-14-2)8-12(13)16-4/h1,8-9,14H,6-7H2,2-4H3. The first-order valence-corrected chi connectivity index (χ1v) is 6.10. The molecule has 0 saturated heterocycles. The molecule has 0 radical (unpaired) electrons. The zero-order valence-corrected chi connectivity index (χ0v) is 11.2. The van der Waals surface area contributed by atoms with Crippen molar-refractivity contribution in [3.8, 4) is 23.2 Å². The van der Waals surface area contributed by atoms with Gasteiger partial charge < -0.3 is 14.8 Å². The Morgan fingerprint density at radius 3 is 2.53 bits per heavy atom. The molecule has 0 bridgehead atoms. The van der Waals surface area contributed by atoms with Crippen molar-refractivity contribution in [2.24, 2.45) is 0 Å². The highest BCUT2D eigenvalue weighted by Gasteiger charge is 2.10. The van der Waals surface area contributed by atoms with Gasteiger partial charge in [-0.05, 0) is 54.7 Å². The number of benzene rings is 1. The molecule has 0 amide bonds. The van der Waals surface area contributed by atoms with E-state index in [1.54, 1.807) is 14.2 Å². The second kappa shape index (κ2) is 7.10. The summed E-state index contributed by atoms with van der Waals surface area (Å²) in [6.45, 7) is 0.890. The van der Waals surface area contributed by atoms with Crippen molar-refractivity contribution in [2.45, 2.75) is 11.3 Å². The number of nitrogens with one attached hydrogen (secondary N) is 1.